The number of rotatable bonds is 2. The Morgan fingerprint density at radius 2 is 1.30 bits per heavy atom. The van der Waals surface area contributed by atoms with E-state index in [0.717, 1.165) is 12.0 Å². The predicted molar refractivity (Wildman–Crippen MR) is 93.7 cm³/mol. The maximum atomic E-state index is 12.4. The van der Waals surface area contributed by atoms with Gasteiger partial charge in [0, 0.05) is 12.0 Å². The summed E-state index contributed by atoms with van der Waals surface area (Å²) < 4.78 is 0. The molecule has 3 aromatic carbocycles. The molecule has 0 saturated heterocycles. The molecule has 3 aromatic rings. The van der Waals surface area contributed by atoms with Gasteiger partial charge in [-0.3, -0.25) is 4.79 Å². The summed E-state index contributed by atoms with van der Waals surface area (Å²) in [5, 5.41) is 0. The Balaban J connectivity index is 1.61. The highest BCUT2D eigenvalue weighted by Crippen LogP contribution is 2.33. The van der Waals surface area contributed by atoms with Gasteiger partial charge in [0.25, 0.3) is 0 Å². The largest absolute Gasteiger partial charge is 0.294 e. The van der Waals surface area contributed by atoms with Gasteiger partial charge in [0.15, 0.2) is 5.78 Å². The molecular weight excluding hydrogens is 280 g/mol. The molecule has 0 spiro atoms. The summed E-state index contributed by atoms with van der Waals surface area (Å²) in [6.45, 7) is 0. The molecule has 4 rings (SSSR count). The van der Waals surface area contributed by atoms with Crippen molar-refractivity contribution in [1.82, 2.24) is 0 Å². The first-order chi connectivity index (χ1) is 11.3. The van der Waals surface area contributed by atoms with Crippen LogP contribution in [0.15, 0.2) is 78.9 Å². The van der Waals surface area contributed by atoms with Crippen molar-refractivity contribution in [1.29, 1.82) is 0 Å². The first-order valence-corrected chi connectivity index (χ1v) is 8.08. The highest BCUT2D eigenvalue weighted by atomic mass is 16.1. The van der Waals surface area contributed by atoms with E-state index >= 15 is 0 Å². The zero-order valence-electron chi connectivity index (χ0n) is 12.9. The molecule has 1 heteroatoms. The second kappa shape index (κ2) is 5.85. The van der Waals surface area contributed by atoms with Gasteiger partial charge in [-0.05, 0) is 34.6 Å². The number of hydrogen-bond acceptors (Lipinski definition) is 1. The lowest BCUT2D eigenvalue weighted by atomic mass is 9.79. The molecule has 0 N–H and O–H groups in total. The maximum absolute atomic E-state index is 12.4. The molecule has 0 amide bonds. The fraction of sp³-hybridized carbons (Fsp3) is 0.136. The molecule has 23 heavy (non-hydrogen) atoms. The smallest absolute Gasteiger partial charge is 0.163 e. The summed E-state index contributed by atoms with van der Waals surface area (Å²) in [7, 11) is 0. The monoisotopic (exact) mass is 298 g/mol. The van der Waals surface area contributed by atoms with Crippen LogP contribution in [0.25, 0.3) is 11.1 Å². The molecule has 0 radical (unpaired) electrons. The SMILES string of the molecule is O=C1C[C@@H](c2ccc(-c3ccccc3)cc2)Cc2ccccc21. The molecule has 112 valence electrons. The fourth-order valence-corrected chi connectivity index (χ4v) is 3.46. The third-order valence-electron chi connectivity index (χ3n) is 4.71. The molecule has 0 aliphatic heterocycles. The van der Waals surface area contributed by atoms with Crippen molar-refractivity contribution < 1.29 is 4.79 Å². The second-order valence-electron chi connectivity index (χ2n) is 6.17. The van der Waals surface area contributed by atoms with Gasteiger partial charge in [-0.1, -0.05) is 78.9 Å². The maximum Gasteiger partial charge on any atom is 0.163 e. The van der Waals surface area contributed by atoms with Crippen LogP contribution in [0, 0.1) is 0 Å². The first kappa shape index (κ1) is 14.0. The van der Waals surface area contributed by atoms with Crippen LogP contribution in [0.5, 0.6) is 0 Å². The topological polar surface area (TPSA) is 17.1 Å². The third kappa shape index (κ3) is 2.70. The fourth-order valence-electron chi connectivity index (χ4n) is 3.46. The Kier molecular flexibility index (Phi) is 3.55. The lowest BCUT2D eigenvalue weighted by Crippen LogP contribution is -2.18. The molecule has 1 atom stereocenters. The quantitative estimate of drug-likeness (QED) is 0.630. The van der Waals surface area contributed by atoms with Crippen molar-refractivity contribution >= 4 is 5.78 Å². The van der Waals surface area contributed by atoms with Gasteiger partial charge in [0.05, 0.1) is 0 Å². The van der Waals surface area contributed by atoms with Crippen molar-refractivity contribution in [3.05, 3.63) is 95.6 Å². The van der Waals surface area contributed by atoms with Gasteiger partial charge in [0.1, 0.15) is 0 Å². The lowest BCUT2D eigenvalue weighted by Gasteiger charge is -2.24. The van der Waals surface area contributed by atoms with Crippen molar-refractivity contribution in [2.75, 3.05) is 0 Å². The highest BCUT2D eigenvalue weighted by Gasteiger charge is 2.25. The third-order valence-corrected chi connectivity index (χ3v) is 4.71. The molecule has 0 unspecified atom stereocenters. The highest BCUT2D eigenvalue weighted by molar-refractivity contribution is 5.99. The standard InChI is InChI=1S/C22H18O/c23-22-15-20(14-19-8-4-5-9-21(19)22)18-12-10-17(11-13-18)16-6-2-1-3-7-16/h1-13,20H,14-15H2/t20-/m0/s1. The van der Waals surface area contributed by atoms with E-state index in [-0.39, 0.29) is 5.78 Å². The Morgan fingerprint density at radius 1 is 0.652 bits per heavy atom. The summed E-state index contributed by atoms with van der Waals surface area (Å²) in [6.07, 6.45) is 1.56. The summed E-state index contributed by atoms with van der Waals surface area (Å²) in [4.78, 5) is 12.4. The van der Waals surface area contributed by atoms with E-state index in [1.54, 1.807) is 0 Å². The minimum absolute atomic E-state index is 0.268. The van der Waals surface area contributed by atoms with E-state index in [1.807, 2.05) is 24.3 Å². The van der Waals surface area contributed by atoms with E-state index in [1.165, 1.54) is 22.3 Å². The summed E-state index contributed by atoms with van der Waals surface area (Å²) >= 11 is 0. The van der Waals surface area contributed by atoms with Crippen LogP contribution in [0.4, 0.5) is 0 Å². The van der Waals surface area contributed by atoms with Crippen molar-refractivity contribution in [3.63, 3.8) is 0 Å². The number of hydrogen-bond donors (Lipinski definition) is 0. The normalized spacial score (nSPS) is 16.9. The number of carbonyl (C=O) groups excluding carboxylic acids is 1. The van der Waals surface area contributed by atoms with Crippen LogP contribution in [0.3, 0.4) is 0 Å². The Morgan fingerprint density at radius 3 is 2.09 bits per heavy atom. The van der Waals surface area contributed by atoms with E-state index < -0.39 is 0 Å². The van der Waals surface area contributed by atoms with Crippen molar-refractivity contribution in [2.45, 2.75) is 18.8 Å². The Labute approximate surface area is 136 Å². The molecule has 0 heterocycles. The Hall–Kier alpha value is -2.67. The molecule has 1 aliphatic carbocycles. The Bertz CT molecular complexity index is 831. The first-order valence-electron chi connectivity index (χ1n) is 8.08. The van der Waals surface area contributed by atoms with Crippen LogP contribution in [0.1, 0.15) is 33.8 Å². The number of benzene rings is 3. The molecular formula is C22H18O. The van der Waals surface area contributed by atoms with Crippen molar-refractivity contribution in [3.8, 4) is 11.1 Å². The van der Waals surface area contributed by atoms with Gasteiger partial charge >= 0.3 is 0 Å². The molecule has 0 fully saturated rings. The molecule has 1 aliphatic rings. The summed E-state index contributed by atoms with van der Waals surface area (Å²) in [5.74, 6) is 0.561. The lowest BCUT2D eigenvalue weighted by molar-refractivity contribution is 0.0964. The average Bonchev–Trinajstić information content (AvgIpc) is 2.63. The molecule has 0 saturated carbocycles. The van der Waals surface area contributed by atoms with Crippen LogP contribution >= 0.6 is 0 Å². The van der Waals surface area contributed by atoms with Crippen molar-refractivity contribution in [2.24, 2.45) is 0 Å². The van der Waals surface area contributed by atoms with Crippen LogP contribution < -0.4 is 0 Å². The molecule has 0 bridgehead atoms. The summed E-state index contributed by atoms with van der Waals surface area (Å²) in [6, 6.07) is 27.1. The van der Waals surface area contributed by atoms with Gasteiger partial charge in [-0.15, -0.1) is 0 Å². The van der Waals surface area contributed by atoms with Gasteiger partial charge in [-0.2, -0.15) is 0 Å². The van der Waals surface area contributed by atoms with Gasteiger partial charge in [0.2, 0.25) is 0 Å². The van der Waals surface area contributed by atoms with E-state index in [4.69, 9.17) is 0 Å². The van der Waals surface area contributed by atoms with Gasteiger partial charge < -0.3 is 0 Å². The predicted octanol–water partition coefficient (Wildman–Crippen LogP) is 5.27. The average molecular weight is 298 g/mol. The van der Waals surface area contributed by atoms with Crippen LogP contribution in [0.2, 0.25) is 0 Å². The zero-order valence-corrected chi connectivity index (χ0v) is 12.9. The van der Waals surface area contributed by atoms with Gasteiger partial charge in [-0.25, -0.2) is 0 Å². The number of ketones is 1. The molecule has 0 aromatic heterocycles. The summed E-state index contributed by atoms with van der Waals surface area (Å²) in [5.41, 5.74) is 5.79. The van der Waals surface area contributed by atoms with E-state index in [9.17, 15) is 4.79 Å². The second-order valence-corrected chi connectivity index (χ2v) is 6.17. The van der Waals surface area contributed by atoms with Crippen LogP contribution in [-0.2, 0) is 6.42 Å². The van der Waals surface area contributed by atoms with E-state index in [2.05, 4.69) is 54.6 Å². The number of Topliss-reactive ketones (excluding diaryl/α,β-unsaturated/α-hetero) is 1. The van der Waals surface area contributed by atoms with E-state index in [0.29, 0.717) is 12.3 Å². The molecule has 1 nitrogen and oxygen atoms in total. The minimum Gasteiger partial charge on any atom is -0.294 e. The number of fused-ring (bicyclic) bond motifs is 1. The number of carbonyl (C=O) groups is 1. The minimum atomic E-state index is 0.268. The zero-order chi connectivity index (χ0) is 15.6. The van der Waals surface area contributed by atoms with Crippen LogP contribution in [-0.4, -0.2) is 5.78 Å².